The Bertz CT molecular complexity index is 565. The first-order valence-electron chi connectivity index (χ1n) is 8.01. The zero-order chi connectivity index (χ0) is 17.0. The summed E-state index contributed by atoms with van der Waals surface area (Å²) in [7, 11) is 0. The Morgan fingerprint density at radius 3 is 2.57 bits per heavy atom. The number of urea groups is 1. The average molecular weight is 318 g/mol. The van der Waals surface area contributed by atoms with Crippen LogP contribution in [-0.4, -0.2) is 42.0 Å². The Kier molecular flexibility index (Phi) is 5.60. The largest absolute Gasteiger partial charge is 0.352 e. The number of nitrogens with two attached hydrogens (primary N) is 1. The van der Waals surface area contributed by atoms with E-state index in [0.717, 1.165) is 11.1 Å². The molecule has 1 aromatic rings. The Morgan fingerprint density at radius 1 is 1.35 bits per heavy atom. The maximum Gasteiger partial charge on any atom is 0.312 e. The van der Waals surface area contributed by atoms with Crippen molar-refractivity contribution >= 4 is 11.9 Å². The van der Waals surface area contributed by atoms with Crippen LogP contribution in [0.4, 0.5) is 4.79 Å². The van der Waals surface area contributed by atoms with Gasteiger partial charge in [-0.3, -0.25) is 4.79 Å². The number of benzene rings is 1. The van der Waals surface area contributed by atoms with Crippen LogP contribution in [0.15, 0.2) is 24.3 Å². The number of primary amides is 1. The van der Waals surface area contributed by atoms with Gasteiger partial charge in [-0.2, -0.15) is 0 Å². The molecule has 0 saturated carbocycles. The van der Waals surface area contributed by atoms with E-state index in [1.807, 2.05) is 36.1 Å². The molecular weight excluding hydrogens is 292 g/mol. The molecule has 126 valence electrons. The quantitative estimate of drug-likeness (QED) is 0.782. The molecule has 1 fully saturated rings. The van der Waals surface area contributed by atoms with Crippen molar-refractivity contribution in [2.24, 2.45) is 5.73 Å². The zero-order valence-electron chi connectivity index (χ0n) is 14.0. The van der Waals surface area contributed by atoms with E-state index < -0.39 is 12.1 Å². The van der Waals surface area contributed by atoms with Crippen molar-refractivity contribution in [1.29, 1.82) is 0 Å². The summed E-state index contributed by atoms with van der Waals surface area (Å²) in [6, 6.07) is 7.28. The van der Waals surface area contributed by atoms with Gasteiger partial charge in [0.15, 0.2) is 0 Å². The van der Waals surface area contributed by atoms with Gasteiger partial charge < -0.3 is 21.3 Å². The summed E-state index contributed by atoms with van der Waals surface area (Å²) in [6.07, 6.45) is 0.214. The Morgan fingerprint density at radius 2 is 2.00 bits per heavy atom. The minimum atomic E-state index is -0.619. The van der Waals surface area contributed by atoms with Gasteiger partial charge in [-0.1, -0.05) is 29.8 Å². The first-order chi connectivity index (χ1) is 10.8. The molecule has 1 saturated heterocycles. The zero-order valence-corrected chi connectivity index (χ0v) is 14.0. The van der Waals surface area contributed by atoms with Crippen molar-refractivity contribution in [3.63, 3.8) is 0 Å². The molecule has 1 heterocycles. The molecule has 3 atom stereocenters. The third-order valence-electron chi connectivity index (χ3n) is 4.05. The van der Waals surface area contributed by atoms with Crippen LogP contribution in [-0.2, 0) is 4.79 Å². The van der Waals surface area contributed by atoms with Crippen molar-refractivity contribution in [2.75, 3.05) is 13.1 Å². The number of rotatable bonds is 4. The van der Waals surface area contributed by atoms with Gasteiger partial charge in [0.1, 0.15) is 0 Å². The molecule has 2 rings (SSSR count). The number of nitrogens with zero attached hydrogens (tertiary/aromatic N) is 1. The maximum absolute atomic E-state index is 12.6. The van der Waals surface area contributed by atoms with Gasteiger partial charge in [-0.25, -0.2) is 4.79 Å². The average Bonchev–Trinajstić information content (AvgIpc) is 2.45. The van der Waals surface area contributed by atoms with E-state index in [0.29, 0.717) is 13.1 Å². The molecule has 0 bridgehead atoms. The second-order valence-corrected chi connectivity index (χ2v) is 6.45. The molecule has 4 N–H and O–H groups in total. The normalized spacial score (nSPS) is 22.5. The van der Waals surface area contributed by atoms with E-state index in [1.54, 1.807) is 0 Å². The monoisotopic (exact) mass is 318 g/mol. The van der Waals surface area contributed by atoms with Gasteiger partial charge in [0.25, 0.3) is 0 Å². The number of hydrogen-bond donors (Lipinski definition) is 3. The predicted octanol–water partition coefficient (Wildman–Crippen LogP) is 1.30. The van der Waals surface area contributed by atoms with Gasteiger partial charge in [-0.15, -0.1) is 0 Å². The fourth-order valence-electron chi connectivity index (χ4n) is 3.14. The summed E-state index contributed by atoms with van der Waals surface area (Å²) in [5, 5.41) is 6.10. The topological polar surface area (TPSA) is 87.5 Å². The van der Waals surface area contributed by atoms with Crippen molar-refractivity contribution in [1.82, 2.24) is 15.5 Å². The van der Waals surface area contributed by atoms with Crippen molar-refractivity contribution in [3.05, 3.63) is 35.4 Å². The highest BCUT2D eigenvalue weighted by Gasteiger charge is 2.27. The summed E-state index contributed by atoms with van der Waals surface area (Å²) in [5.41, 5.74) is 7.26. The van der Waals surface area contributed by atoms with E-state index in [2.05, 4.69) is 24.5 Å². The summed E-state index contributed by atoms with van der Waals surface area (Å²) in [5.74, 6) is 0.0328. The molecule has 6 nitrogen and oxygen atoms in total. The molecule has 6 heteroatoms. The van der Waals surface area contributed by atoms with Gasteiger partial charge in [0.2, 0.25) is 5.91 Å². The highest BCUT2D eigenvalue weighted by Crippen LogP contribution is 2.20. The molecule has 1 aliphatic heterocycles. The number of nitrogens with one attached hydrogen (secondary N) is 2. The third kappa shape index (κ3) is 4.96. The summed E-state index contributed by atoms with van der Waals surface area (Å²) in [4.78, 5) is 25.8. The first kappa shape index (κ1) is 17.3. The molecule has 1 aliphatic rings. The summed E-state index contributed by atoms with van der Waals surface area (Å²) >= 11 is 0. The summed E-state index contributed by atoms with van der Waals surface area (Å²) < 4.78 is 0. The van der Waals surface area contributed by atoms with Crippen LogP contribution in [0, 0.1) is 6.92 Å². The number of piperazine rings is 1. The van der Waals surface area contributed by atoms with Gasteiger partial charge in [0, 0.05) is 25.2 Å². The Labute approximate surface area is 137 Å². The lowest BCUT2D eigenvalue weighted by Gasteiger charge is -2.37. The molecule has 0 unspecified atom stereocenters. The van der Waals surface area contributed by atoms with Crippen LogP contribution in [0.5, 0.6) is 0 Å². The van der Waals surface area contributed by atoms with E-state index in [4.69, 9.17) is 5.73 Å². The van der Waals surface area contributed by atoms with Crippen molar-refractivity contribution in [2.45, 2.75) is 45.3 Å². The van der Waals surface area contributed by atoms with E-state index >= 15 is 0 Å². The van der Waals surface area contributed by atoms with Crippen molar-refractivity contribution in [3.8, 4) is 0 Å². The molecular formula is C17H26N4O2. The highest BCUT2D eigenvalue weighted by atomic mass is 16.2. The third-order valence-corrected chi connectivity index (χ3v) is 4.05. The van der Waals surface area contributed by atoms with E-state index in [1.165, 1.54) is 0 Å². The fourth-order valence-corrected chi connectivity index (χ4v) is 3.14. The van der Waals surface area contributed by atoms with Crippen LogP contribution in [0.2, 0.25) is 0 Å². The minimum Gasteiger partial charge on any atom is -0.352 e. The molecule has 0 aliphatic carbocycles. The molecule has 1 aromatic carbocycles. The van der Waals surface area contributed by atoms with Crippen LogP contribution in [0.25, 0.3) is 0 Å². The smallest absolute Gasteiger partial charge is 0.312 e. The number of hydrogen-bond acceptors (Lipinski definition) is 3. The maximum atomic E-state index is 12.6. The molecule has 0 aromatic heterocycles. The second kappa shape index (κ2) is 7.46. The second-order valence-electron chi connectivity index (χ2n) is 6.45. The predicted molar refractivity (Wildman–Crippen MR) is 89.9 cm³/mol. The molecule has 0 spiro atoms. The standard InChI is InChI=1S/C17H26N4O2/c1-11-5-4-6-14(7-11)15(20-17(18)23)8-16(22)21-9-12(2)19-13(3)10-21/h4-7,12-13,15,19H,8-10H2,1-3H3,(H3,18,20,23)/t12-,13+,15-/m1/s1. The van der Waals surface area contributed by atoms with Crippen LogP contribution in [0.3, 0.4) is 0 Å². The minimum absolute atomic E-state index is 0.0328. The lowest BCUT2D eigenvalue weighted by molar-refractivity contribution is -0.133. The van der Waals surface area contributed by atoms with Crippen LogP contribution >= 0.6 is 0 Å². The van der Waals surface area contributed by atoms with Gasteiger partial charge >= 0.3 is 6.03 Å². The van der Waals surface area contributed by atoms with E-state index in [-0.39, 0.29) is 24.4 Å². The molecule has 0 radical (unpaired) electrons. The SMILES string of the molecule is Cc1cccc([C@@H](CC(=O)N2C[C@@H](C)N[C@@H](C)C2)NC(N)=O)c1. The molecule has 23 heavy (non-hydrogen) atoms. The lowest BCUT2D eigenvalue weighted by Crippen LogP contribution is -2.56. The molecule has 3 amide bonds. The first-order valence-corrected chi connectivity index (χ1v) is 8.01. The number of aryl methyl sites for hydroxylation is 1. The number of amides is 3. The number of carbonyl (C=O) groups excluding carboxylic acids is 2. The fraction of sp³-hybridized carbons (Fsp3) is 0.529. The van der Waals surface area contributed by atoms with Crippen LogP contribution < -0.4 is 16.4 Å². The lowest BCUT2D eigenvalue weighted by atomic mass is 10.0. The highest BCUT2D eigenvalue weighted by molar-refractivity contribution is 5.79. The Balaban J connectivity index is 2.11. The van der Waals surface area contributed by atoms with Gasteiger partial charge in [0.05, 0.1) is 12.5 Å². The Hall–Kier alpha value is -2.08. The van der Waals surface area contributed by atoms with E-state index in [9.17, 15) is 9.59 Å². The number of carbonyl (C=O) groups is 2. The summed E-state index contributed by atoms with van der Waals surface area (Å²) in [6.45, 7) is 7.47. The van der Waals surface area contributed by atoms with Crippen LogP contribution in [0.1, 0.15) is 37.4 Å². The van der Waals surface area contributed by atoms with Gasteiger partial charge in [-0.05, 0) is 26.3 Å². The van der Waals surface area contributed by atoms with Crippen molar-refractivity contribution < 1.29 is 9.59 Å².